The van der Waals surface area contributed by atoms with Crippen LogP contribution < -0.4 is 0 Å². The minimum Gasteiger partial charge on any atom is -0.356 e. The van der Waals surface area contributed by atoms with E-state index >= 15 is 0 Å². The van der Waals surface area contributed by atoms with Gasteiger partial charge in [0.15, 0.2) is 0 Å². The van der Waals surface area contributed by atoms with Crippen molar-refractivity contribution in [3.8, 4) is 0 Å². The summed E-state index contributed by atoms with van der Waals surface area (Å²) in [6, 6.07) is 0. The maximum atomic E-state index is 2.67. The second-order valence-corrected chi connectivity index (χ2v) is 10.8. The van der Waals surface area contributed by atoms with Gasteiger partial charge in [0.25, 0.3) is 0 Å². The Morgan fingerprint density at radius 1 is 0.394 bits per heavy atom. The lowest BCUT2D eigenvalue weighted by Gasteiger charge is -2.33. The summed E-state index contributed by atoms with van der Waals surface area (Å²) < 4.78 is 0. The van der Waals surface area contributed by atoms with Gasteiger partial charge in [-0.05, 0) is 25.7 Å². The van der Waals surface area contributed by atoms with Crippen molar-refractivity contribution in [1.82, 2.24) is 9.80 Å². The largest absolute Gasteiger partial charge is 0.356 e. The van der Waals surface area contributed by atoms with Crippen LogP contribution >= 0.6 is 0 Å². The van der Waals surface area contributed by atoms with Crippen molar-refractivity contribution in [2.24, 2.45) is 0 Å². The monoisotopic (exact) mass is 462 g/mol. The van der Waals surface area contributed by atoms with E-state index in [9.17, 15) is 0 Å². The van der Waals surface area contributed by atoms with E-state index in [0.29, 0.717) is 6.17 Å². The Bertz CT molecular complexity index is 419. The van der Waals surface area contributed by atoms with Crippen molar-refractivity contribution in [2.75, 3.05) is 13.1 Å². The smallest absolute Gasteiger partial charge is 0.101 e. The molecule has 1 aliphatic heterocycles. The fraction of sp³-hybridized carbons (Fsp3) is 0.935. The molecule has 1 rings (SSSR count). The highest BCUT2D eigenvalue weighted by molar-refractivity contribution is 4.97. The molecule has 0 radical (unpaired) electrons. The van der Waals surface area contributed by atoms with Gasteiger partial charge in [0.1, 0.15) is 6.17 Å². The van der Waals surface area contributed by atoms with Crippen molar-refractivity contribution >= 4 is 0 Å². The van der Waals surface area contributed by atoms with E-state index in [1.54, 1.807) is 0 Å². The second kappa shape index (κ2) is 23.1. The molecule has 1 heterocycles. The number of hydrogen-bond donors (Lipinski definition) is 0. The van der Waals surface area contributed by atoms with Gasteiger partial charge in [-0.1, -0.05) is 143 Å². The molecule has 0 saturated heterocycles. The summed E-state index contributed by atoms with van der Waals surface area (Å²) in [6.07, 6.45) is 38.0. The van der Waals surface area contributed by atoms with E-state index in [4.69, 9.17) is 0 Å². The SMILES string of the molecule is CCCCCCCCCCCCCCCC1N(CCCCCC)C=CN1CCCCCCC. The average molecular weight is 463 g/mol. The molecule has 1 aliphatic rings. The van der Waals surface area contributed by atoms with Crippen molar-refractivity contribution in [3.63, 3.8) is 0 Å². The zero-order valence-electron chi connectivity index (χ0n) is 23.3. The number of unbranched alkanes of at least 4 members (excludes halogenated alkanes) is 19. The third kappa shape index (κ3) is 16.6. The van der Waals surface area contributed by atoms with Crippen LogP contribution in [-0.4, -0.2) is 29.1 Å². The first kappa shape index (κ1) is 30.4. The Hall–Kier alpha value is -0.660. The standard InChI is InChI=1S/C31H62N2/c1-4-7-10-13-14-15-16-17-18-19-20-21-23-26-31-32(27-24-12-9-6-3)29-30-33(31)28-25-22-11-8-5-2/h29-31H,4-28H2,1-3H3. The predicted octanol–water partition coefficient (Wildman–Crippen LogP) is 10.4. The highest BCUT2D eigenvalue weighted by Gasteiger charge is 2.24. The number of rotatable bonds is 25. The van der Waals surface area contributed by atoms with Crippen LogP contribution in [0.25, 0.3) is 0 Å². The average Bonchev–Trinajstić information content (AvgIpc) is 3.21. The number of hydrogen-bond acceptors (Lipinski definition) is 2. The molecule has 0 bridgehead atoms. The van der Waals surface area contributed by atoms with Crippen LogP contribution in [0.15, 0.2) is 12.4 Å². The summed E-state index contributed by atoms with van der Waals surface area (Å²) in [5.74, 6) is 0. The third-order valence-electron chi connectivity index (χ3n) is 7.57. The van der Waals surface area contributed by atoms with Crippen LogP contribution in [0.4, 0.5) is 0 Å². The highest BCUT2D eigenvalue weighted by atomic mass is 15.4. The number of nitrogens with zero attached hydrogens (tertiary/aromatic N) is 2. The van der Waals surface area contributed by atoms with Gasteiger partial charge >= 0.3 is 0 Å². The minimum atomic E-state index is 0.644. The summed E-state index contributed by atoms with van der Waals surface area (Å²) in [4.78, 5) is 5.34. The van der Waals surface area contributed by atoms with E-state index < -0.39 is 0 Å². The van der Waals surface area contributed by atoms with Crippen molar-refractivity contribution in [3.05, 3.63) is 12.4 Å². The van der Waals surface area contributed by atoms with E-state index in [0.717, 1.165) is 0 Å². The van der Waals surface area contributed by atoms with Crippen LogP contribution in [0.3, 0.4) is 0 Å². The Labute approximate surface area is 210 Å². The summed E-state index contributed by atoms with van der Waals surface area (Å²) in [7, 11) is 0. The first-order valence-electron chi connectivity index (χ1n) is 15.5. The topological polar surface area (TPSA) is 6.48 Å². The van der Waals surface area contributed by atoms with E-state index in [2.05, 4.69) is 43.0 Å². The van der Waals surface area contributed by atoms with Gasteiger partial charge < -0.3 is 9.80 Å². The molecule has 0 saturated carbocycles. The van der Waals surface area contributed by atoms with Gasteiger partial charge in [0, 0.05) is 25.5 Å². The van der Waals surface area contributed by atoms with Gasteiger partial charge in [-0.2, -0.15) is 0 Å². The zero-order valence-corrected chi connectivity index (χ0v) is 23.3. The van der Waals surface area contributed by atoms with E-state index in [1.165, 1.54) is 161 Å². The Kier molecular flexibility index (Phi) is 21.3. The van der Waals surface area contributed by atoms with Gasteiger partial charge in [0.05, 0.1) is 0 Å². The molecule has 196 valence electrons. The molecule has 0 amide bonds. The highest BCUT2D eigenvalue weighted by Crippen LogP contribution is 2.23. The van der Waals surface area contributed by atoms with Crippen LogP contribution in [0, 0.1) is 0 Å². The lowest BCUT2D eigenvalue weighted by Crippen LogP contribution is -2.39. The van der Waals surface area contributed by atoms with Gasteiger partial charge in [-0.25, -0.2) is 0 Å². The molecule has 0 aliphatic carbocycles. The fourth-order valence-electron chi connectivity index (χ4n) is 5.30. The molecule has 1 atom stereocenters. The molecule has 0 N–H and O–H groups in total. The zero-order chi connectivity index (χ0) is 23.8. The maximum absolute atomic E-state index is 2.67. The molecule has 33 heavy (non-hydrogen) atoms. The molecule has 0 fully saturated rings. The van der Waals surface area contributed by atoms with Gasteiger partial charge in [-0.15, -0.1) is 0 Å². The molecular weight excluding hydrogens is 400 g/mol. The fourth-order valence-corrected chi connectivity index (χ4v) is 5.30. The lowest BCUT2D eigenvalue weighted by molar-refractivity contribution is 0.135. The molecular formula is C31H62N2. The summed E-state index contributed by atoms with van der Waals surface area (Å²) in [5, 5.41) is 0. The predicted molar refractivity (Wildman–Crippen MR) is 150 cm³/mol. The Morgan fingerprint density at radius 3 is 1.09 bits per heavy atom. The molecule has 2 heteroatoms. The van der Waals surface area contributed by atoms with E-state index in [1.807, 2.05) is 0 Å². The van der Waals surface area contributed by atoms with Crippen LogP contribution in [0.5, 0.6) is 0 Å². The molecule has 1 unspecified atom stereocenters. The van der Waals surface area contributed by atoms with Gasteiger partial charge in [0.2, 0.25) is 0 Å². The van der Waals surface area contributed by atoms with E-state index in [-0.39, 0.29) is 0 Å². The van der Waals surface area contributed by atoms with Crippen LogP contribution in [0.1, 0.15) is 168 Å². The summed E-state index contributed by atoms with van der Waals surface area (Å²) >= 11 is 0. The third-order valence-corrected chi connectivity index (χ3v) is 7.57. The first-order chi connectivity index (χ1) is 16.3. The Morgan fingerprint density at radius 2 is 0.697 bits per heavy atom. The van der Waals surface area contributed by atoms with Crippen molar-refractivity contribution < 1.29 is 0 Å². The molecule has 0 spiro atoms. The molecule has 2 nitrogen and oxygen atoms in total. The molecule has 0 aromatic heterocycles. The van der Waals surface area contributed by atoms with Gasteiger partial charge in [-0.3, -0.25) is 0 Å². The Balaban J connectivity index is 2.15. The summed E-state index contributed by atoms with van der Waals surface area (Å²) in [6.45, 7) is 9.44. The van der Waals surface area contributed by atoms with Crippen LogP contribution in [0.2, 0.25) is 0 Å². The second-order valence-electron chi connectivity index (χ2n) is 10.8. The van der Waals surface area contributed by atoms with Crippen LogP contribution in [-0.2, 0) is 0 Å². The molecule has 0 aromatic rings. The quantitative estimate of drug-likeness (QED) is 0.124. The lowest BCUT2D eigenvalue weighted by atomic mass is 10.0. The first-order valence-corrected chi connectivity index (χ1v) is 15.5. The normalized spacial score (nSPS) is 15.8. The van der Waals surface area contributed by atoms with Crippen molar-refractivity contribution in [1.29, 1.82) is 0 Å². The minimum absolute atomic E-state index is 0.644. The van der Waals surface area contributed by atoms with Crippen molar-refractivity contribution in [2.45, 2.75) is 175 Å². The molecule has 0 aromatic carbocycles. The summed E-state index contributed by atoms with van der Waals surface area (Å²) in [5.41, 5.74) is 0. The maximum Gasteiger partial charge on any atom is 0.101 e.